The van der Waals surface area contributed by atoms with Gasteiger partial charge in [-0.25, -0.2) is 14.8 Å². The highest BCUT2D eigenvalue weighted by Gasteiger charge is 2.34. The number of esters is 1. The van der Waals surface area contributed by atoms with Crippen LogP contribution in [0.25, 0.3) is 0 Å². The number of carbonyl (C=O) groups excluding carboxylic acids is 1. The van der Waals surface area contributed by atoms with Gasteiger partial charge in [-0.3, -0.25) is 0 Å². The number of aryl methyl sites for hydroxylation is 1. The standard InChI is InChI=1S/C15H22N4O2/c1-10-9-13(18-14(17-10)15(20)21-2)19-8-4-6-12(19)11-5-3-7-16-11/h9,11-12,16H,3-8H2,1-2H3. The van der Waals surface area contributed by atoms with Gasteiger partial charge in [0.1, 0.15) is 5.82 Å². The smallest absolute Gasteiger partial charge is 0.376 e. The zero-order valence-corrected chi connectivity index (χ0v) is 12.6. The van der Waals surface area contributed by atoms with Gasteiger partial charge in [-0.1, -0.05) is 0 Å². The Labute approximate surface area is 124 Å². The number of aromatic nitrogens is 2. The normalized spacial score (nSPS) is 25.3. The summed E-state index contributed by atoms with van der Waals surface area (Å²) in [5, 5.41) is 3.58. The molecular formula is C15H22N4O2. The van der Waals surface area contributed by atoms with Crippen molar-refractivity contribution in [3.05, 3.63) is 17.6 Å². The quantitative estimate of drug-likeness (QED) is 0.846. The van der Waals surface area contributed by atoms with Crippen molar-refractivity contribution in [1.29, 1.82) is 0 Å². The monoisotopic (exact) mass is 290 g/mol. The third-order valence-electron chi connectivity index (χ3n) is 4.37. The minimum Gasteiger partial charge on any atom is -0.463 e. The first-order valence-electron chi connectivity index (χ1n) is 7.63. The van der Waals surface area contributed by atoms with E-state index >= 15 is 0 Å². The van der Waals surface area contributed by atoms with Gasteiger partial charge in [-0.15, -0.1) is 0 Å². The second-order valence-corrected chi connectivity index (χ2v) is 5.79. The van der Waals surface area contributed by atoms with E-state index in [1.165, 1.54) is 32.8 Å². The van der Waals surface area contributed by atoms with Gasteiger partial charge < -0.3 is 15.0 Å². The van der Waals surface area contributed by atoms with Crippen molar-refractivity contribution in [3.8, 4) is 0 Å². The van der Waals surface area contributed by atoms with Gasteiger partial charge in [0.05, 0.1) is 7.11 Å². The summed E-state index contributed by atoms with van der Waals surface area (Å²) in [6.07, 6.45) is 4.80. The molecule has 2 aliphatic heterocycles. The average Bonchev–Trinajstić information content (AvgIpc) is 3.15. The van der Waals surface area contributed by atoms with Gasteiger partial charge in [0.15, 0.2) is 0 Å². The first-order chi connectivity index (χ1) is 10.2. The third kappa shape index (κ3) is 2.85. The molecule has 0 radical (unpaired) electrons. The molecule has 1 aromatic rings. The van der Waals surface area contributed by atoms with Crippen LogP contribution in [0, 0.1) is 6.92 Å². The number of anilines is 1. The molecule has 0 saturated carbocycles. The number of nitrogens with one attached hydrogen (secondary N) is 1. The molecule has 0 aromatic carbocycles. The Morgan fingerprint density at radius 2 is 2.24 bits per heavy atom. The fourth-order valence-corrected chi connectivity index (χ4v) is 3.42. The second-order valence-electron chi connectivity index (χ2n) is 5.79. The highest BCUT2D eigenvalue weighted by Crippen LogP contribution is 2.29. The van der Waals surface area contributed by atoms with Crippen molar-refractivity contribution < 1.29 is 9.53 Å². The molecule has 6 heteroatoms. The van der Waals surface area contributed by atoms with Crippen molar-refractivity contribution in [1.82, 2.24) is 15.3 Å². The summed E-state index contributed by atoms with van der Waals surface area (Å²) >= 11 is 0. The number of nitrogens with zero attached hydrogens (tertiary/aromatic N) is 3. The average molecular weight is 290 g/mol. The number of ether oxygens (including phenoxy) is 1. The molecule has 21 heavy (non-hydrogen) atoms. The summed E-state index contributed by atoms with van der Waals surface area (Å²) < 4.78 is 4.74. The second kappa shape index (κ2) is 5.97. The Morgan fingerprint density at radius 3 is 2.95 bits per heavy atom. The lowest BCUT2D eigenvalue weighted by Gasteiger charge is -2.30. The fraction of sp³-hybridized carbons (Fsp3) is 0.667. The Kier molecular flexibility index (Phi) is 4.05. The molecule has 6 nitrogen and oxygen atoms in total. The molecule has 0 bridgehead atoms. The van der Waals surface area contributed by atoms with Crippen LogP contribution >= 0.6 is 0 Å². The molecule has 0 amide bonds. The lowest BCUT2D eigenvalue weighted by Crippen LogP contribution is -2.44. The van der Waals surface area contributed by atoms with E-state index in [1.54, 1.807) is 0 Å². The lowest BCUT2D eigenvalue weighted by atomic mass is 10.0. The number of methoxy groups -OCH3 is 1. The Hall–Kier alpha value is -1.69. The molecule has 2 aliphatic rings. The van der Waals surface area contributed by atoms with Crippen LogP contribution in [0.2, 0.25) is 0 Å². The molecule has 0 aliphatic carbocycles. The van der Waals surface area contributed by atoms with E-state index in [2.05, 4.69) is 20.2 Å². The van der Waals surface area contributed by atoms with Crippen molar-refractivity contribution in [2.75, 3.05) is 25.1 Å². The maximum Gasteiger partial charge on any atom is 0.376 e. The van der Waals surface area contributed by atoms with E-state index in [-0.39, 0.29) is 5.82 Å². The molecule has 2 fully saturated rings. The molecule has 3 heterocycles. The summed E-state index contributed by atoms with van der Waals surface area (Å²) in [7, 11) is 1.36. The van der Waals surface area contributed by atoms with Crippen LogP contribution in [0.15, 0.2) is 6.07 Å². The van der Waals surface area contributed by atoms with Crippen molar-refractivity contribution in [2.45, 2.75) is 44.7 Å². The van der Waals surface area contributed by atoms with E-state index in [9.17, 15) is 4.79 Å². The summed E-state index contributed by atoms with van der Waals surface area (Å²) in [6, 6.07) is 2.95. The highest BCUT2D eigenvalue weighted by atomic mass is 16.5. The SMILES string of the molecule is COC(=O)c1nc(C)cc(N2CCCC2C2CCCN2)n1. The topological polar surface area (TPSA) is 67.3 Å². The van der Waals surface area contributed by atoms with Gasteiger partial charge in [0.2, 0.25) is 5.82 Å². The molecule has 2 atom stereocenters. The molecule has 1 N–H and O–H groups in total. The van der Waals surface area contributed by atoms with E-state index in [0.29, 0.717) is 12.1 Å². The maximum absolute atomic E-state index is 11.7. The third-order valence-corrected chi connectivity index (χ3v) is 4.37. The van der Waals surface area contributed by atoms with Crippen molar-refractivity contribution >= 4 is 11.8 Å². The van der Waals surface area contributed by atoms with Crippen LogP contribution in [0.3, 0.4) is 0 Å². The van der Waals surface area contributed by atoms with Gasteiger partial charge in [-0.2, -0.15) is 0 Å². The number of hydrogen-bond acceptors (Lipinski definition) is 6. The summed E-state index contributed by atoms with van der Waals surface area (Å²) in [4.78, 5) is 22.6. The summed E-state index contributed by atoms with van der Waals surface area (Å²) in [6.45, 7) is 3.97. The van der Waals surface area contributed by atoms with E-state index < -0.39 is 5.97 Å². The molecule has 2 saturated heterocycles. The minimum atomic E-state index is -0.477. The van der Waals surface area contributed by atoms with E-state index in [0.717, 1.165) is 24.6 Å². The zero-order chi connectivity index (χ0) is 14.8. The lowest BCUT2D eigenvalue weighted by molar-refractivity contribution is 0.0586. The summed E-state index contributed by atoms with van der Waals surface area (Å²) in [5.41, 5.74) is 0.797. The predicted octanol–water partition coefficient (Wildman–Crippen LogP) is 1.29. The first kappa shape index (κ1) is 14.3. The van der Waals surface area contributed by atoms with Crippen molar-refractivity contribution in [3.63, 3.8) is 0 Å². The van der Waals surface area contributed by atoms with Gasteiger partial charge in [0, 0.05) is 30.4 Å². The summed E-state index contributed by atoms with van der Waals surface area (Å²) in [5.74, 6) is 0.520. The predicted molar refractivity (Wildman–Crippen MR) is 79.5 cm³/mol. The van der Waals surface area contributed by atoms with Crippen LogP contribution < -0.4 is 10.2 Å². The van der Waals surface area contributed by atoms with Gasteiger partial charge in [-0.05, 0) is 39.2 Å². The Morgan fingerprint density at radius 1 is 1.38 bits per heavy atom. The zero-order valence-electron chi connectivity index (χ0n) is 12.6. The molecule has 114 valence electrons. The van der Waals surface area contributed by atoms with E-state index in [1.807, 2.05) is 13.0 Å². The minimum absolute atomic E-state index is 0.150. The Bertz CT molecular complexity index is 528. The molecule has 2 unspecified atom stereocenters. The van der Waals surface area contributed by atoms with Gasteiger partial charge >= 0.3 is 5.97 Å². The number of carbonyl (C=O) groups is 1. The van der Waals surface area contributed by atoms with Crippen LogP contribution in [-0.2, 0) is 4.74 Å². The fourth-order valence-electron chi connectivity index (χ4n) is 3.42. The number of hydrogen-bond donors (Lipinski definition) is 1. The Balaban J connectivity index is 1.87. The highest BCUT2D eigenvalue weighted by molar-refractivity contribution is 5.85. The van der Waals surface area contributed by atoms with E-state index in [4.69, 9.17) is 4.74 Å². The largest absolute Gasteiger partial charge is 0.463 e. The molecule has 3 rings (SSSR count). The maximum atomic E-state index is 11.7. The molecule has 1 aromatic heterocycles. The molecule has 0 spiro atoms. The number of rotatable bonds is 3. The van der Waals surface area contributed by atoms with Crippen LogP contribution in [0.5, 0.6) is 0 Å². The van der Waals surface area contributed by atoms with Crippen molar-refractivity contribution in [2.24, 2.45) is 0 Å². The first-order valence-corrected chi connectivity index (χ1v) is 7.63. The van der Waals surface area contributed by atoms with Crippen LogP contribution in [0.4, 0.5) is 5.82 Å². The molecular weight excluding hydrogens is 268 g/mol. The van der Waals surface area contributed by atoms with Gasteiger partial charge in [0.25, 0.3) is 0 Å². The van der Waals surface area contributed by atoms with Crippen LogP contribution in [-0.4, -0.2) is 48.2 Å². The van der Waals surface area contributed by atoms with Crippen LogP contribution in [0.1, 0.15) is 42.0 Å².